The van der Waals surface area contributed by atoms with Crippen LogP contribution >= 0.6 is 0 Å². The zero-order valence-electron chi connectivity index (χ0n) is 12.2. The van der Waals surface area contributed by atoms with Crippen LogP contribution in [-0.2, 0) is 0 Å². The molecule has 4 heteroatoms. The van der Waals surface area contributed by atoms with E-state index in [0.29, 0.717) is 23.6 Å². The molecule has 0 saturated carbocycles. The summed E-state index contributed by atoms with van der Waals surface area (Å²) in [5, 5.41) is 0. The number of amides is 1. The second-order valence-electron chi connectivity index (χ2n) is 4.89. The van der Waals surface area contributed by atoms with Crippen LogP contribution in [0.3, 0.4) is 0 Å². The van der Waals surface area contributed by atoms with Gasteiger partial charge >= 0.3 is 0 Å². The van der Waals surface area contributed by atoms with Crippen LogP contribution in [0.4, 0.5) is 4.39 Å². The molecule has 108 valence electrons. The summed E-state index contributed by atoms with van der Waals surface area (Å²) in [5.41, 5.74) is 6.12. The maximum Gasteiger partial charge on any atom is 0.254 e. The van der Waals surface area contributed by atoms with Crippen molar-refractivity contribution in [2.24, 2.45) is 11.7 Å². The van der Waals surface area contributed by atoms with E-state index in [4.69, 9.17) is 5.73 Å². The van der Waals surface area contributed by atoms with Crippen molar-refractivity contribution in [1.82, 2.24) is 4.90 Å². The number of hydrogen-bond donors (Lipinski definition) is 1. The number of carbonyl (C=O) groups is 1. The lowest BCUT2D eigenvalue weighted by Gasteiger charge is -2.21. The van der Waals surface area contributed by atoms with E-state index in [2.05, 4.69) is 25.7 Å². The van der Waals surface area contributed by atoms with Gasteiger partial charge in [0.05, 0.1) is 12.1 Å². The van der Waals surface area contributed by atoms with E-state index in [1.807, 2.05) is 0 Å². The van der Waals surface area contributed by atoms with Crippen LogP contribution in [0.15, 0.2) is 18.2 Å². The quantitative estimate of drug-likeness (QED) is 0.857. The smallest absolute Gasteiger partial charge is 0.254 e. The monoisotopic (exact) mass is 276 g/mol. The Morgan fingerprint density at radius 1 is 1.50 bits per heavy atom. The van der Waals surface area contributed by atoms with Gasteiger partial charge in [0.2, 0.25) is 0 Å². The van der Waals surface area contributed by atoms with Crippen molar-refractivity contribution in [1.29, 1.82) is 0 Å². The zero-order chi connectivity index (χ0) is 15.1. The van der Waals surface area contributed by atoms with Crippen LogP contribution in [-0.4, -0.2) is 30.9 Å². The number of nitrogens with two attached hydrogens (primary N) is 1. The van der Waals surface area contributed by atoms with Crippen molar-refractivity contribution in [2.75, 3.05) is 20.1 Å². The van der Waals surface area contributed by atoms with E-state index in [9.17, 15) is 9.18 Å². The summed E-state index contributed by atoms with van der Waals surface area (Å²) in [7, 11) is 1.75. The molecule has 3 nitrogen and oxygen atoms in total. The number of benzene rings is 1. The summed E-state index contributed by atoms with van der Waals surface area (Å²) in [6.07, 6.45) is 1.00. The van der Waals surface area contributed by atoms with Crippen molar-refractivity contribution in [3.63, 3.8) is 0 Å². The van der Waals surface area contributed by atoms with Crippen LogP contribution in [0.25, 0.3) is 0 Å². The summed E-state index contributed by atoms with van der Waals surface area (Å²) < 4.78 is 13.3. The van der Waals surface area contributed by atoms with Gasteiger partial charge in [0.1, 0.15) is 5.82 Å². The van der Waals surface area contributed by atoms with Crippen molar-refractivity contribution >= 4 is 5.91 Å². The van der Waals surface area contributed by atoms with Crippen LogP contribution in [0.5, 0.6) is 0 Å². The largest absolute Gasteiger partial charge is 0.341 e. The van der Waals surface area contributed by atoms with E-state index in [0.717, 1.165) is 6.42 Å². The highest BCUT2D eigenvalue weighted by Gasteiger charge is 2.17. The van der Waals surface area contributed by atoms with Gasteiger partial charge in [-0.05, 0) is 24.1 Å². The number of hydrogen-bond acceptors (Lipinski definition) is 2. The minimum Gasteiger partial charge on any atom is -0.341 e. The average Bonchev–Trinajstić information content (AvgIpc) is 2.44. The fourth-order valence-electron chi connectivity index (χ4n) is 1.84. The third kappa shape index (κ3) is 4.36. The molecule has 0 aliphatic carbocycles. The Hall–Kier alpha value is -1.86. The Morgan fingerprint density at radius 3 is 2.80 bits per heavy atom. The third-order valence-corrected chi connectivity index (χ3v) is 3.17. The van der Waals surface area contributed by atoms with Gasteiger partial charge in [0, 0.05) is 19.2 Å². The number of rotatable bonds is 4. The molecule has 0 bridgehead atoms. The molecular weight excluding hydrogens is 255 g/mol. The average molecular weight is 276 g/mol. The molecule has 1 aromatic rings. The molecule has 0 spiro atoms. The maximum absolute atomic E-state index is 13.3. The first-order valence-corrected chi connectivity index (χ1v) is 6.73. The van der Waals surface area contributed by atoms with Crippen molar-refractivity contribution in [3.05, 3.63) is 35.1 Å². The first-order valence-electron chi connectivity index (χ1n) is 6.73. The van der Waals surface area contributed by atoms with Gasteiger partial charge in [0.15, 0.2) is 0 Å². The third-order valence-electron chi connectivity index (χ3n) is 3.17. The van der Waals surface area contributed by atoms with Gasteiger partial charge in [-0.2, -0.15) is 0 Å². The van der Waals surface area contributed by atoms with Gasteiger partial charge in [-0.25, -0.2) is 4.39 Å². The van der Waals surface area contributed by atoms with Gasteiger partial charge in [-0.1, -0.05) is 32.1 Å². The maximum atomic E-state index is 13.3. The van der Waals surface area contributed by atoms with E-state index in [1.54, 1.807) is 11.9 Å². The molecule has 0 fully saturated rings. The first kappa shape index (κ1) is 16.2. The molecule has 0 aromatic heterocycles. The lowest BCUT2D eigenvalue weighted by Crippen LogP contribution is -2.31. The summed E-state index contributed by atoms with van der Waals surface area (Å²) in [6.45, 7) is 5.01. The molecule has 0 radical (unpaired) electrons. The Balaban J connectivity index is 3.03. The Morgan fingerprint density at radius 2 is 2.20 bits per heavy atom. The van der Waals surface area contributed by atoms with Gasteiger partial charge in [-0.15, -0.1) is 0 Å². The molecule has 0 heterocycles. The molecule has 0 saturated heterocycles. The minimum atomic E-state index is -0.410. The minimum absolute atomic E-state index is 0.147. The zero-order valence-corrected chi connectivity index (χ0v) is 12.2. The highest BCUT2D eigenvalue weighted by atomic mass is 19.1. The molecule has 1 aromatic carbocycles. The van der Waals surface area contributed by atoms with E-state index >= 15 is 0 Å². The van der Waals surface area contributed by atoms with Crippen LogP contribution in [0.1, 0.15) is 36.2 Å². The second-order valence-corrected chi connectivity index (χ2v) is 4.89. The molecule has 0 aliphatic heterocycles. The fourth-order valence-corrected chi connectivity index (χ4v) is 1.84. The Labute approximate surface area is 120 Å². The highest BCUT2D eigenvalue weighted by molar-refractivity contribution is 5.96. The van der Waals surface area contributed by atoms with Gasteiger partial charge in [-0.3, -0.25) is 4.79 Å². The molecule has 0 aliphatic rings. The van der Waals surface area contributed by atoms with E-state index < -0.39 is 5.82 Å². The number of nitrogens with zero attached hydrogens (tertiary/aromatic N) is 1. The lowest BCUT2D eigenvalue weighted by molar-refractivity contribution is 0.0774. The molecule has 2 N–H and O–H groups in total. The lowest BCUT2D eigenvalue weighted by atomic mass is 10.0. The molecule has 1 atom stereocenters. The van der Waals surface area contributed by atoms with Crippen molar-refractivity contribution < 1.29 is 9.18 Å². The standard InChI is InChI=1S/C16H21FN2O/c1-4-12(2)11-19(3)16(20)15-8-7-14(17)10-13(15)6-5-9-18/h7-8,10,12H,4,9,11,18H2,1-3H3. The van der Waals surface area contributed by atoms with Crippen LogP contribution in [0, 0.1) is 23.6 Å². The highest BCUT2D eigenvalue weighted by Crippen LogP contribution is 2.14. The molecule has 1 rings (SSSR count). The summed E-state index contributed by atoms with van der Waals surface area (Å²) in [6, 6.07) is 4.02. The molecule has 1 unspecified atom stereocenters. The van der Waals surface area contributed by atoms with Gasteiger partial charge in [0.25, 0.3) is 5.91 Å². The summed E-state index contributed by atoms with van der Waals surface area (Å²) in [4.78, 5) is 14.0. The summed E-state index contributed by atoms with van der Waals surface area (Å²) >= 11 is 0. The van der Waals surface area contributed by atoms with E-state index in [-0.39, 0.29) is 12.5 Å². The van der Waals surface area contributed by atoms with Crippen molar-refractivity contribution in [3.8, 4) is 11.8 Å². The summed E-state index contributed by atoms with van der Waals surface area (Å²) in [5.74, 6) is 5.28. The molecule has 1 amide bonds. The van der Waals surface area contributed by atoms with E-state index in [1.165, 1.54) is 18.2 Å². The predicted octanol–water partition coefficient (Wildman–Crippen LogP) is 2.25. The Kier molecular flexibility index (Phi) is 6.20. The van der Waals surface area contributed by atoms with Crippen LogP contribution < -0.4 is 5.73 Å². The second kappa shape index (κ2) is 7.66. The SMILES string of the molecule is CCC(C)CN(C)C(=O)c1ccc(F)cc1C#CCN. The Bertz CT molecular complexity index is 531. The topological polar surface area (TPSA) is 46.3 Å². The van der Waals surface area contributed by atoms with Crippen LogP contribution in [0.2, 0.25) is 0 Å². The predicted molar refractivity (Wildman–Crippen MR) is 78.7 cm³/mol. The molecular formula is C16H21FN2O. The number of halogens is 1. The van der Waals surface area contributed by atoms with Gasteiger partial charge < -0.3 is 10.6 Å². The first-order chi connectivity index (χ1) is 9.49. The van der Waals surface area contributed by atoms with Crippen molar-refractivity contribution in [2.45, 2.75) is 20.3 Å². The molecule has 20 heavy (non-hydrogen) atoms. The normalized spacial score (nSPS) is 11.4. The number of carbonyl (C=O) groups excluding carboxylic acids is 1. The fraction of sp³-hybridized carbons (Fsp3) is 0.438.